The van der Waals surface area contributed by atoms with Crippen LogP contribution in [0.4, 0.5) is 5.82 Å². The first-order valence-electron chi connectivity index (χ1n) is 3.13. The van der Waals surface area contributed by atoms with E-state index in [1.807, 2.05) is 19.2 Å². The van der Waals surface area contributed by atoms with Gasteiger partial charge in [-0.05, 0) is 18.6 Å². The van der Waals surface area contributed by atoms with Crippen LogP contribution in [0.15, 0.2) is 29.9 Å². The average Bonchev–Trinajstić information content (AvgIpc) is 2.31. The number of H-pyrrole nitrogens is 1. The minimum atomic E-state index is 0.903. The lowest BCUT2D eigenvalue weighted by atomic mass is 10.4. The Morgan fingerprint density at radius 3 is 3.00 bits per heavy atom. The van der Waals surface area contributed by atoms with Crippen molar-refractivity contribution in [2.24, 2.45) is 4.99 Å². The summed E-state index contributed by atoms with van der Waals surface area (Å²) in [6, 6.07) is 1.98. The predicted octanol–water partition coefficient (Wildman–Crippen LogP) is 2.21. The molecule has 0 aromatic carbocycles. The minimum Gasteiger partial charge on any atom is -0.346 e. The van der Waals surface area contributed by atoms with Gasteiger partial charge in [0.05, 0.1) is 0 Å². The molecule has 0 fully saturated rings. The van der Waals surface area contributed by atoms with E-state index < -0.39 is 0 Å². The van der Waals surface area contributed by atoms with Crippen LogP contribution < -0.4 is 0 Å². The van der Waals surface area contributed by atoms with Crippen LogP contribution in [-0.4, -0.2) is 11.2 Å². The molecular weight excluding hydrogens is 124 g/mol. The van der Waals surface area contributed by atoms with E-state index in [-0.39, 0.29) is 0 Å². The van der Waals surface area contributed by atoms with E-state index in [0.717, 1.165) is 11.4 Å². The van der Waals surface area contributed by atoms with Gasteiger partial charge in [0.2, 0.25) is 0 Å². The SMILES string of the molecule is C=CC=Nc1[nH]ccc1C. The Hall–Kier alpha value is -1.31. The van der Waals surface area contributed by atoms with Crippen LogP contribution in [-0.2, 0) is 0 Å². The molecule has 0 saturated heterocycles. The summed E-state index contributed by atoms with van der Waals surface area (Å²) >= 11 is 0. The van der Waals surface area contributed by atoms with E-state index in [9.17, 15) is 0 Å². The topological polar surface area (TPSA) is 28.1 Å². The molecule has 1 aromatic heterocycles. The van der Waals surface area contributed by atoms with E-state index in [0.29, 0.717) is 0 Å². The fourth-order valence-electron chi connectivity index (χ4n) is 0.705. The standard InChI is InChI=1S/C8H10N2/c1-3-5-9-8-7(2)4-6-10-8/h3-6,10H,1H2,2H3. The number of aliphatic imine (C=N–C) groups is 1. The van der Waals surface area contributed by atoms with Gasteiger partial charge >= 0.3 is 0 Å². The maximum Gasteiger partial charge on any atom is 0.132 e. The van der Waals surface area contributed by atoms with Gasteiger partial charge in [0, 0.05) is 12.4 Å². The third-order valence-electron chi connectivity index (χ3n) is 1.24. The molecule has 0 unspecified atom stereocenters. The smallest absolute Gasteiger partial charge is 0.132 e. The van der Waals surface area contributed by atoms with Gasteiger partial charge in [-0.25, -0.2) is 4.99 Å². The highest BCUT2D eigenvalue weighted by Crippen LogP contribution is 2.13. The van der Waals surface area contributed by atoms with E-state index >= 15 is 0 Å². The van der Waals surface area contributed by atoms with Crippen LogP contribution in [0.2, 0.25) is 0 Å². The van der Waals surface area contributed by atoms with Crippen LogP contribution in [0.25, 0.3) is 0 Å². The molecule has 0 amide bonds. The molecule has 0 aliphatic carbocycles. The molecule has 0 atom stereocenters. The third-order valence-corrected chi connectivity index (χ3v) is 1.24. The number of hydrogen-bond acceptors (Lipinski definition) is 1. The largest absolute Gasteiger partial charge is 0.346 e. The fourth-order valence-corrected chi connectivity index (χ4v) is 0.705. The third kappa shape index (κ3) is 1.35. The maximum atomic E-state index is 4.09. The number of aryl methyl sites for hydroxylation is 1. The van der Waals surface area contributed by atoms with Crippen molar-refractivity contribution in [3.8, 4) is 0 Å². The van der Waals surface area contributed by atoms with Gasteiger partial charge in [-0.1, -0.05) is 12.7 Å². The Bertz CT molecular complexity index is 246. The summed E-state index contributed by atoms with van der Waals surface area (Å²) in [5, 5.41) is 0. The number of aromatic nitrogens is 1. The van der Waals surface area contributed by atoms with Crippen LogP contribution in [0.1, 0.15) is 5.56 Å². The second-order valence-corrected chi connectivity index (χ2v) is 2.02. The van der Waals surface area contributed by atoms with Gasteiger partial charge in [0.15, 0.2) is 0 Å². The molecule has 1 N–H and O–H groups in total. The summed E-state index contributed by atoms with van der Waals surface area (Å²) in [6.45, 7) is 5.53. The second kappa shape index (κ2) is 3.01. The van der Waals surface area contributed by atoms with Crippen molar-refractivity contribution in [2.45, 2.75) is 6.92 Å². The Labute approximate surface area is 60.3 Å². The van der Waals surface area contributed by atoms with Gasteiger partial charge in [0.1, 0.15) is 5.82 Å². The van der Waals surface area contributed by atoms with E-state index in [1.165, 1.54) is 0 Å². The molecule has 1 aromatic rings. The Morgan fingerprint density at radius 2 is 2.50 bits per heavy atom. The highest BCUT2D eigenvalue weighted by atomic mass is 14.9. The number of nitrogens with one attached hydrogen (secondary N) is 1. The molecule has 0 bridgehead atoms. The predicted molar refractivity (Wildman–Crippen MR) is 43.9 cm³/mol. The van der Waals surface area contributed by atoms with Crippen molar-refractivity contribution in [3.63, 3.8) is 0 Å². The summed E-state index contributed by atoms with van der Waals surface area (Å²) in [6.07, 6.45) is 5.18. The highest BCUT2D eigenvalue weighted by Gasteiger charge is 1.91. The average molecular weight is 134 g/mol. The molecular formula is C8H10N2. The van der Waals surface area contributed by atoms with E-state index in [1.54, 1.807) is 12.3 Å². The summed E-state index contributed by atoms with van der Waals surface area (Å²) < 4.78 is 0. The molecule has 0 saturated carbocycles. The van der Waals surface area contributed by atoms with Gasteiger partial charge in [-0.15, -0.1) is 0 Å². The number of aromatic amines is 1. The number of nitrogens with zero attached hydrogens (tertiary/aromatic N) is 1. The van der Waals surface area contributed by atoms with Gasteiger partial charge in [-0.2, -0.15) is 0 Å². The molecule has 1 rings (SSSR count). The maximum absolute atomic E-state index is 4.09. The number of allylic oxidation sites excluding steroid dienone is 1. The summed E-state index contributed by atoms with van der Waals surface area (Å²) in [5.41, 5.74) is 1.15. The molecule has 2 heteroatoms. The zero-order valence-corrected chi connectivity index (χ0v) is 5.96. The normalized spacial score (nSPS) is 10.5. The van der Waals surface area contributed by atoms with E-state index in [4.69, 9.17) is 0 Å². The molecule has 2 nitrogen and oxygen atoms in total. The molecule has 0 aliphatic heterocycles. The van der Waals surface area contributed by atoms with Crippen molar-refractivity contribution in [2.75, 3.05) is 0 Å². The van der Waals surface area contributed by atoms with Crippen LogP contribution in [0.5, 0.6) is 0 Å². The van der Waals surface area contributed by atoms with Crippen molar-refractivity contribution in [1.82, 2.24) is 4.98 Å². The first-order valence-corrected chi connectivity index (χ1v) is 3.13. The van der Waals surface area contributed by atoms with Gasteiger partial charge < -0.3 is 4.98 Å². The van der Waals surface area contributed by atoms with Crippen LogP contribution in [0.3, 0.4) is 0 Å². The zero-order valence-electron chi connectivity index (χ0n) is 5.96. The molecule has 52 valence electrons. The summed E-state index contributed by atoms with van der Waals surface area (Å²) in [5.74, 6) is 0.903. The van der Waals surface area contributed by atoms with Crippen molar-refractivity contribution in [1.29, 1.82) is 0 Å². The van der Waals surface area contributed by atoms with Gasteiger partial charge in [-0.3, -0.25) is 0 Å². The first kappa shape index (κ1) is 6.81. The van der Waals surface area contributed by atoms with E-state index in [2.05, 4.69) is 16.6 Å². The van der Waals surface area contributed by atoms with Crippen molar-refractivity contribution in [3.05, 3.63) is 30.5 Å². The Balaban J connectivity index is 2.83. The molecule has 0 radical (unpaired) electrons. The fraction of sp³-hybridized carbons (Fsp3) is 0.125. The van der Waals surface area contributed by atoms with Gasteiger partial charge in [0.25, 0.3) is 0 Å². The second-order valence-electron chi connectivity index (χ2n) is 2.02. The lowest BCUT2D eigenvalue weighted by Gasteiger charge is -1.86. The Morgan fingerprint density at radius 1 is 1.70 bits per heavy atom. The Kier molecular flexibility index (Phi) is 2.05. The first-order chi connectivity index (χ1) is 4.84. The van der Waals surface area contributed by atoms with Crippen LogP contribution in [0, 0.1) is 6.92 Å². The lowest BCUT2D eigenvalue weighted by Crippen LogP contribution is -1.67. The lowest BCUT2D eigenvalue weighted by molar-refractivity contribution is 1.32. The molecule has 0 aliphatic rings. The number of hydrogen-bond donors (Lipinski definition) is 1. The molecule has 1 heterocycles. The summed E-state index contributed by atoms with van der Waals surface area (Å²) in [7, 11) is 0. The highest BCUT2D eigenvalue weighted by molar-refractivity contribution is 5.73. The zero-order chi connectivity index (χ0) is 7.40. The van der Waals surface area contributed by atoms with Crippen molar-refractivity contribution < 1.29 is 0 Å². The van der Waals surface area contributed by atoms with Crippen molar-refractivity contribution >= 4 is 12.0 Å². The molecule has 0 spiro atoms. The summed E-state index contributed by atoms with van der Waals surface area (Å²) in [4.78, 5) is 7.08. The van der Waals surface area contributed by atoms with Crippen LogP contribution >= 0.6 is 0 Å². The monoisotopic (exact) mass is 134 g/mol. The number of rotatable bonds is 2. The quantitative estimate of drug-likeness (QED) is 0.601. The molecule has 10 heavy (non-hydrogen) atoms. The minimum absolute atomic E-state index is 0.903.